The Morgan fingerprint density at radius 3 is 2.49 bits per heavy atom. The predicted octanol–water partition coefficient (Wildman–Crippen LogP) is 4.73. The van der Waals surface area contributed by atoms with Gasteiger partial charge >= 0.3 is 5.97 Å². The third-order valence-corrected chi connectivity index (χ3v) is 6.61. The monoisotopic (exact) mass is 493 g/mol. The number of carboxylic acid groups (broad SMARTS) is 1. The summed E-state index contributed by atoms with van der Waals surface area (Å²) in [5.74, 6) is 0.0966. The minimum Gasteiger partial charge on any atom is -0.496 e. The van der Waals surface area contributed by atoms with Gasteiger partial charge in [-0.2, -0.15) is 0 Å². The van der Waals surface area contributed by atoms with Gasteiger partial charge in [0.25, 0.3) is 0 Å². The summed E-state index contributed by atoms with van der Waals surface area (Å²) in [4.78, 5) is 27.1. The molecular weight excluding hydrogens is 466 g/mol. The van der Waals surface area contributed by atoms with Crippen molar-refractivity contribution < 1.29 is 28.9 Å². The van der Waals surface area contributed by atoms with E-state index in [4.69, 9.17) is 19.3 Å². The molecule has 2 heterocycles. The van der Waals surface area contributed by atoms with Crippen LogP contribution in [0.25, 0.3) is 16.5 Å². The van der Waals surface area contributed by atoms with Crippen LogP contribution in [-0.4, -0.2) is 68.3 Å². The van der Waals surface area contributed by atoms with Crippen LogP contribution in [0.15, 0.2) is 60.0 Å². The largest absolute Gasteiger partial charge is 0.496 e. The van der Waals surface area contributed by atoms with Gasteiger partial charge in [-0.25, -0.2) is 4.79 Å². The van der Waals surface area contributed by atoms with Crippen molar-refractivity contribution in [2.75, 3.05) is 46.6 Å². The number of ketones is 1. The van der Waals surface area contributed by atoms with Crippen molar-refractivity contribution in [3.63, 3.8) is 0 Å². The Labute approximate surface area is 208 Å². The maximum atomic E-state index is 12.8. The Balaban J connectivity index is 1.61. The van der Waals surface area contributed by atoms with E-state index >= 15 is 0 Å². The number of carbonyl (C=O) groups excluding carboxylic acids is 1. The highest BCUT2D eigenvalue weighted by atomic mass is 32.1. The highest BCUT2D eigenvalue weighted by Crippen LogP contribution is 2.43. The minimum absolute atomic E-state index is 0.136. The molecule has 4 rings (SSSR count). The maximum Gasteiger partial charge on any atom is 0.335 e. The van der Waals surface area contributed by atoms with E-state index in [1.165, 1.54) is 30.3 Å². The topological polar surface area (TPSA) is 85.3 Å². The number of rotatable bonds is 10. The molecule has 0 spiro atoms. The van der Waals surface area contributed by atoms with Crippen molar-refractivity contribution in [3.8, 4) is 21.9 Å². The molecular formula is C27H27NO6S. The first-order valence-corrected chi connectivity index (χ1v) is 12.2. The van der Waals surface area contributed by atoms with E-state index in [1.54, 1.807) is 24.5 Å². The molecule has 1 aliphatic rings. The molecule has 0 unspecified atom stereocenters. The zero-order chi connectivity index (χ0) is 24.6. The lowest BCUT2D eigenvalue weighted by Crippen LogP contribution is -2.38. The number of aromatic carboxylic acids is 1. The predicted molar refractivity (Wildman–Crippen MR) is 136 cm³/mol. The van der Waals surface area contributed by atoms with E-state index in [0.29, 0.717) is 23.7 Å². The van der Waals surface area contributed by atoms with Crippen molar-refractivity contribution >= 4 is 29.2 Å². The average molecular weight is 494 g/mol. The number of thiophene rings is 1. The molecule has 2 aromatic carbocycles. The Morgan fingerprint density at radius 1 is 1.09 bits per heavy atom. The molecule has 3 aromatic rings. The van der Waals surface area contributed by atoms with Gasteiger partial charge in [-0.15, -0.1) is 11.3 Å². The summed E-state index contributed by atoms with van der Waals surface area (Å²) in [6, 6.07) is 13.6. The van der Waals surface area contributed by atoms with E-state index in [9.17, 15) is 9.59 Å². The molecule has 1 aromatic heterocycles. The van der Waals surface area contributed by atoms with E-state index in [1.807, 2.05) is 29.6 Å². The third-order valence-electron chi connectivity index (χ3n) is 5.73. The zero-order valence-electron chi connectivity index (χ0n) is 19.4. The summed E-state index contributed by atoms with van der Waals surface area (Å²) in [7, 11) is 1.63. The maximum absolute atomic E-state index is 12.8. The number of allylic oxidation sites excluding steroid dienone is 1. The van der Waals surface area contributed by atoms with Crippen LogP contribution in [0.2, 0.25) is 0 Å². The summed E-state index contributed by atoms with van der Waals surface area (Å²) in [5, 5.41) is 11.1. The number of morpholine rings is 1. The summed E-state index contributed by atoms with van der Waals surface area (Å²) in [6.07, 6.45) is 3.21. The molecule has 1 saturated heterocycles. The molecule has 1 fully saturated rings. The SMILES string of the molecule is COc1ccc(C=CC(=O)c2ccc(C(=O)O)cc2)c(OCCN2CCOCC2)c1-c1cccs1. The minimum atomic E-state index is -1.03. The fourth-order valence-corrected chi connectivity index (χ4v) is 4.60. The van der Waals surface area contributed by atoms with E-state index < -0.39 is 5.97 Å². The molecule has 35 heavy (non-hydrogen) atoms. The first kappa shape index (κ1) is 24.7. The molecule has 7 nitrogen and oxygen atoms in total. The number of carbonyl (C=O) groups is 2. The van der Waals surface area contributed by atoms with Gasteiger partial charge in [-0.05, 0) is 47.9 Å². The standard InChI is InChI=1S/C27H27NO6S/c1-32-23-11-9-20(8-10-22(29)19-4-6-21(7-5-19)27(30)31)26(25(23)24-3-2-18-35-24)34-17-14-28-12-15-33-16-13-28/h2-11,18H,12-17H2,1H3,(H,30,31). The van der Waals surface area contributed by atoms with Gasteiger partial charge in [0.15, 0.2) is 5.78 Å². The van der Waals surface area contributed by atoms with Gasteiger partial charge in [-0.3, -0.25) is 9.69 Å². The molecule has 0 aliphatic carbocycles. The first-order valence-electron chi connectivity index (χ1n) is 11.3. The molecule has 0 radical (unpaired) electrons. The van der Waals surface area contributed by atoms with Crippen molar-refractivity contribution in [3.05, 3.63) is 76.7 Å². The smallest absolute Gasteiger partial charge is 0.335 e. The van der Waals surface area contributed by atoms with Gasteiger partial charge in [0.1, 0.15) is 18.1 Å². The molecule has 0 amide bonds. The Kier molecular flexibility index (Phi) is 8.31. The van der Waals surface area contributed by atoms with Gasteiger partial charge in [-0.1, -0.05) is 18.2 Å². The molecule has 182 valence electrons. The second-order valence-electron chi connectivity index (χ2n) is 7.92. The molecule has 0 bridgehead atoms. The molecule has 1 N–H and O–H groups in total. The average Bonchev–Trinajstić information content (AvgIpc) is 3.42. The van der Waals surface area contributed by atoms with Gasteiger partial charge in [0, 0.05) is 35.6 Å². The van der Waals surface area contributed by atoms with Crippen LogP contribution in [0.1, 0.15) is 26.3 Å². The van der Waals surface area contributed by atoms with E-state index in [0.717, 1.165) is 48.9 Å². The normalized spacial score (nSPS) is 14.2. The van der Waals surface area contributed by atoms with Crippen molar-refractivity contribution in [1.82, 2.24) is 4.90 Å². The van der Waals surface area contributed by atoms with Crippen molar-refractivity contribution in [1.29, 1.82) is 0 Å². The van der Waals surface area contributed by atoms with Crippen LogP contribution in [-0.2, 0) is 4.74 Å². The highest BCUT2D eigenvalue weighted by molar-refractivity contribution is 7.13. The van der Waals surface area contributed by atoms with Crippen LogP contribution in [0.4, 0.5) is 0 Å². The molecule has 1 aliphatic heterocycles. The second-order valence-corrected chi connectivity index (χ2v) is 8.87. The molecule has 0 atom stereocenters. The molecule has 0 saturated carbocycles. The number of carboxylic acids is 1. The van der Waals surface area contributed by atoms with Gasteiger partial charge < -0.3 is 19.3 Å². The summed E-state index contributed by atoms with van der Waals surface area (Å²) in [5.41, 5.74) is 2.15. The second kappa shape index (κ2) is 11.8. The number of ether oxygens (including phenoxy) is 3. The van der Waals surface area contributed by atoms with Gasteiger partial charge in [0.2, 0.25) is 0 Å². The quantitative estimate of drug-likeness (QED) is 0.323. The van der Waals surface area contributed by atoms with Crippen LogP contribution >= 0.6 is 11.3 Å². The number of benzene rings is 2. The summed E-state index contributed by atoms with van der Waals surface area (Å²) in [6.45, 7) is 4.45. The van der Waals surface area contributed by atoms with Crippen LogP contribution in [0, 0.1) is 0 Å². The fourth-order valence-electron chi connectivity index (χ4n) is 3.83. The Bertz CT molecular complexity index is 1180. The van der Waals surface area contributed by atoms with E-state index in [-0.39, 0.29) is 11.3 Å². The number of methoxy groups -OCH3 is 1. The lowest BCUT2D eigenvalue weighted by molar-refractivity contribution is 0.0322. The van der Waals surface area contributed by atoms with Crippen LogP contribution < -0.4 is 9.47 Å². The zero-order valence-corrected chi connectivity index (χ0v) is 20.3. The van der Waals surface area contributed by atoms with E-state index in [2.05, 4.69) is 4.90 Å². The summed E-state index contributed by atoms with van der Waals surface area (Å²) < 4.78 is 17.4. The lowest BCUT2D eigenvalue weighted by atomic mass is 10.0. The van der Waals surface area contributed by atoms with Crippen LogP contribution in [0.3, 0.4) is 0 Å². The Morgan fingerprint density at radius 2 is 1.83 bits per heavy atom. The number of hydrogen-bond acceptors (Lipinski definition) is 7. The van der Waals surface area contributed by atoms with Gasteiger partial charge in [0.05, 0.1) is 31.5 Å². The third kappa shape index (κ3) is 6.16. The number of hydrogen-bond donors (Lipinski definition) is 1. The Hall–Kier alpha value is -3.46. The van der Waals surface area contributed by atoms with Crippen molar-refractivity contribution in [2.45, 2.75) is 0 Å². The summed E-state index contributed by atoms with van der Waals surface area (Å²) >= 11 is 1.59. The highest BCUT2D eigenvalue weighted by Gasteiger charge is 2.19. The van der Waals surface area contributed by atoms with Crippen LogP contribution in [0.5, 0.6) is 11.5 Å². The lowest BCUT2D eigenvalue weighted by Gasteiger charge is -2.26. The van der Waals surface area contributed by atoms with Crippen molar-refractivity contribution in [2.24, 2.45) is 0 Å². The first-order chi connectivity index (χ1) is 17.1. The fraction of sp³-hybridized carbons (Fsp3) is 0.259. The number of nitrogens with zero attached hydrogens (tertiary/aromatic N) is 1. The molecule has 8 heteroatoms.